The van der Waals surface area contributed by atoms with E-state index < -0.39 is 11.8 Å². The average Bonchev–Trinajstić information content (AvgIpc) is 3.42. The highest BCUT2D eigenvalue weighted by molar-refractivity contribution is 6.06. The maximum absolute atomic E-state index is 14.9. The molecule has 7 nitrogen and oxygen atoms in total. The lowest BCUT2D eigenvalue weighted by Gasteiger charge is -2.25. The second kappa shape index (κ2) is 11.1. The van der Waals surface area contributed by atoms with E-state index in [9.17, 15) is 23.5 Å². The van der Waals surface area contributed by atoms with Gasteiger partial charge < -0.3 is 20.1 Å². The van der Waals surface area contributed by atoms with Crippen LogP contribution < -0.4 is 15.0 Å². The van der Waals surface area contributed by atoms with E-state index in [-0.39, 0.29) is 42.3 Å². The number of aliphatic hydroxyl groups is 1. The normalized spacial score (nSPS) is 19.1. The van der Waals surface area contributed by atoms with Gasteiger partial charge in [-0.15, -0.1) is 0 Å². The number of amides is 2. The van der Waals surface area contributed by atoms with Crippen LogP contribution in [0.4, 0.5) is 14.5 Å². The number of fused-ring (bicyclic) bond motifs is 1. The number of carbonyl (C=O) groups is 2. The standard InChI is InChI=1S/C30H31F2N3O4/c1-39-24-10-7-20(8-11-24)17-35-27-15-21(9-12-25(27)30(31,32)29(35)38)16-28(37)33-26(22-5-3-2-4-6-22)19-34-14-13-23(36)18-34/h2-12,15,23,26,36H,13-14,16-19H2,1H3,(H,33,37)/t23-,26+/m0/s1. The Morgan fingerprint density at radius 2 is 1.82 bits per heavy atom. The van der Waals surface area contributed by atoms with Gasteiger partial charge in [-0.1, -0.05) is 54.6 Å². The van der Waals surface area contributed by atoms with Crippen molar-refractivity contribution in [2.75, 3.05) is 31.6 Å². The van der Waals surface area contributed by atoms with Crippen molar-refractivity contribution in [3.05, 3.63) is 95.1 Å². The molecule has 0 spiro atoms. The fourth-order valence-electron chi connectivity index (χ4n) is 5.23. The third-order valence-electron chi connectivity index (χ3n) is 7.29. The van der Waals surface area contributed by atoms with Crippen LogP contribution in [0.5, 0.6) is 5.75 Å². The molecule has 0 saturated carbocycles. The minimum Gasteiger partial charge on any atom is -0.497 e. The molecule has 2 heterocycles. The molecule has 3 aromatic rings. The van der Waals surface area contributed by atoms with Crippen LogP contribution in [0.2, 0.25) is 0 Å². The molecule has 1 saturated heterocycles. The first-order chi connectivity index (χ1) is 18.7. The maximum atomic E-state index is 14.9. The van der Waals surface area contributed by atoms with Gasteiger partial charge in [0.2, 0.25) is 5.91 Å². The Morgan fingerprint density at radius 1 is 1.10 bits per heavy atom. The Hall–Kier alpha value is -3.82. The first-order valence-electron chi connectivity index (χ1n) is 13.0. The minimum atomic E-state index is -3.64. The van der Waals surface area contributed by atoms with E-state index in [1.54, 1.807) is 24.3 Å². The minimum absolute atomic E-state index is 0.0289. The summed E-state index contributed by atoms with van der Waals surface area (Å²) in [6.45, 7) is 1.82. The first-order valence-corrected chi connectivity index (χ1v) is 13.0. The predicted octanol–water partition coefficient (Wildman–Crippen LogP) is 3.80. The number of hydrogen-bond acceptors (Lipinski definition) is 5. The predicted molar refractivity (Wildman–Crippen MR) is 143 cm³/mol. The zero-order valence-corrected chi connectivity index (χ0v) is 21.6. The van der Waals surface area contributed by atoms with Crippen molar-refractivity contribution in [1.82, 2.24) is 10.2 Å². The lowest BCUT2D eigenvalue weighted by molar-refractivity contribution is -0.141. The second-order valence-corrected chi connectivity index (χ2v) is 10.1. The van der Waals surface area contributed by atoms with Gasteiger partial charge in [0, 0.05) is 19.6 Å². The first kappa shape index (κ1) is 26.8. The fraction of sp³-hybridized carbons (Fsp3) is 0.333. The van der Waals surface area contributed by atoms with Gasteiger partial charge >= 0.3 is 11.8 Å². The monoisotopic (exact) mass is 535 g/mol. The Morgan fingerprint density at radius 3 is 2.49 bits per heavy atom. The summed E-state index contributed by atoms with van der Waals surface area (Å²) in [5.74, 6) is -4.56. The number of benzene rings is 3. The van der Waals surface area contributed by atoms with Crippen LogP contribution in [0.25, 0.3) is 0 Å². The third-order valence-corrected chi connectivity index (χ3v) is 7.29. The Bertz CT molecular complexity index is 1330. The fourth-order valence-corrected chi connectivity index (χ4v) is 5.23. The largest absolute Gasteiger partial charge is 0.497 e. The summed E-state index contributed by atoms with van der Waals surface area (Å²) >= 11 is 0. The SMILES string of the molecule is COc1ccc(CN2C(=O)C(F)(F)c3ccc(CC(=O)N[C@H](CN4CC[C@H](O)C4)c4ccccc4)cc32)cc1. The molecule has 2 N–H and O–H groups in total. The molecule has 0 aromatic heterocycles. The van der Waals surface area contributed by atoms with E-state index in [2.05, 4.69) is 10.2 Å². The number of carbonyl (C=O) groups excluding carboxylic acids is 2. The number of anilines is 1. The molecule has 2 aliphatic rings. The molecule has 5 rings (SSSR count). The summed E-state index contributed by atoms with van der Waals surface area (Å²) in [5.41, 5.74) is 1.89. The van der Waals surface area contributed by atoms with Crippen LogP contribution in [0.15, 0.2) is 72.8 Å². The highest BCUT2D eigenvalue weighted by Gasteiger charge is 2.52. The number of hydrogen-bond donors (Lipinski definition) is 2. The summed E-state index contributed by atoms with van der Waals surface area (Å²) in [4.78, 5) is 29.0. The number of rotatable bonds is 9. The van der Waals surface area contributed by atoms with Crippen LogP contribution in [-0.2, 0) is 28.5 Å². The van der Waals surface area contributed by atoms with Crippen molar-refractivity contribution >= 4 is 17.5 Å². The Labute approximate surface area is 226 Å². The van der Waals surface area contributed by atoms with Crippen LogP contribution in [0.3, 0.4) is 0 Å². The van der Waals surface area contributed by atoms with E-state index in [1.807, 2.05) is 30.3 Å². The van der Waals surface area contributed by atoms with Gasteiger partial charge in [0.05, 0.1) is 43.5 Å². The average molecular weight is 536 g/mol. The van der Waals surface area contributed by atoms with Crippen molar-refractivity contribution in [2.45, 2.75) is 37.5 Å². The molecule has 204 valence electrons. The van der Waals surface area contributed by atoms with E-state index in [4.69, 9.17) is 4.74 Å². The number of aliphatic hydroxyl groups excluding tert-OH is 1. The van der Waals surface area contributed by atoms with Gasteiger partial charge in [-0.25, -0.2) is 0 Å². The number of ether oxygens (including phenoxy) is 1. The van der Waals surface area contributed by atoms with Crippen molar-refractivity contribution in [2.24, 2.45) is 0 Å². The molecule has 9 heteroatoms. The summed E-state index contributed by atoms with van der Waals surface area (Å²) in [7, 11) is 1.53. The number of methoxy groups -OCH3 is 1. The lowest BCUT2D eigenvalue weighted by atomic mass is 10.0. The van der Waals surface area contributed by atoms with Gasteiger partial charge in [-0.3, -0.25) is 14.5 Å². The molecular formula is C30H31F2N3O4. The quantitative estimate of drug-likeness (QED) is 0.436. The smallest absolute Gasteiger partial charge is 0.352 e. The lowest BCUT2D eigenvalue weighted by Crippen LogP contribution is -2.38. The number of likely N-dealkylation sites (tertiary alicyclic amines) is 1. The van der Waals surface area contributed by atoms with Crippen molar-refractivity contribution in [3.8, 4) is 5.75 Å². The molecule has 2 atom stereocenters. The van der Waals surface area contributed by atoms with Gasteiger partial charge in [0.1, 0.15) is 5.75 Å². The third kappa shape index (κ3) is 5.79. The molecule has 0 unspecified atom stereocenters. The number of alkyl halides is 2. The molecule has 1 fully saturated rings. The molecule has 0 aliphatic carbocycles. The number of β-amino-alcohol motifs (C(OH)–C–C–N with tert-alkyl or cyclic N) is 1. The molecule has 2 amide bonds. The second-order valence-electron chi connectivity index (χ2n) is 10.1. The van der Waals surface area contributed by atoms with Gasteiger partial charge in [0.15, 0.2) is 0 Å². The molecule has 3 aromatic carbocycles. The zero-order valence-electron chi connectivity index (χ0n) is 21.6. The highest BCUT2D eigenvalue weighted by atomic mass is 19.3. The number of nitrogens with one attached hydrogen (secondary N) is 1. The van der Waals surface area contributed by atoms with Crippen LogP contribution in [0.1, 0.15) is 34.7 Å². The summed E-state index contributed by atoms with van der Waals surface area (Å²) < 4.78 is 34.9. The summed E-state index contributed by atoms with van der Waals surface area (Å²) in [6, 6.07) is 20.4. The van der Waals surface area contributed by atoms with Crippen molar-refractivity contribution in [1.29, 1.82) is 0 Å². The van der Waals surface area contributed by atoms with Crippen molar-refractivity contribution < 1.29 is 28.2 Å². The molecular weight excluding hydrogens is 504 g/mol. The Balaban J connectivity index is 1.33. The van der Waals surface area contributed by atoms with Gasteiger partial charge in [-0.2, -0.15) is 8.78 Å². The maximum Gasteiger partial charge on any atom is 0.352 e. The van der Waals surface area contributed by atoms with Crippen LogP contribution in [0, 0.1) is 0 Å². The topological polar surface area (TPSA) is 82.1 Å². The number of halogens is 2. The van der Waals surface area contributed by atoms with Crippen LogP contribution in [-0.4, -0.2) is 54.7 Å². The molecule has 0 bridgehead atoms. The highest BCUT2D eigenvalue weighted by Crippen LogP contribution is 2.45. The zero-order chi connectivity index (χ0) is 27.6. The Kier molecular flexibility index (Phi) is 7.63. The van der Waals surface area contributed by atoms with E-state index in [0.717, 1.165) is 17.0 Å². The molecule has 2 aliphatic heterocycles. The van der Waals surface area contributed by atoms with Crippen LogP contribution >= 0.6 is 0 Å². The molecule has 0 radical (unpaired) electrons. The van der Waals surface area contributed by atoms with Gasteiger partial charge in [-0.05, 0) is 41.3 Å². The summed E-state index contributed by atoms with van der Waals surface area (Å²) in [5, 5.41) is 13.0. The van der Waals surface area contributed by atoms with Crippen molar-refractivity contribution in [3.63, 3.8) is 0 Å². The van der Waals surface area contributed by atoms with Gasteiger partial charge in [0.25, 0.3) is 0 Å². The van der Waals surface area contributed by atoms with E-state index in [0.29, 0.717) is 36.4 Å². The number of nitrogens with zero attached hydrogens (tertiary/aromatic N) is 2. The molecule has 39 heavy (non-hydrogen) atoms. The van der Waals surface area contributed by atoms with E-state index in [1.165, 1.54) is 25.3 Å². The van der Waals surface area contributed by atoms with E-state index >= 15 is 0 Å². The summed E-state index contributed by atoms with van der Waals surface area (Å²) in [6.07, 6.45) is 0.293.